The minimum absolute atomic E-state index is 0.00271. The van der Waals surface area contributed by atoms with Crippen molar-refractivity contribution in [3.63, 3.8) is 0 Å². The average molecular weight is 234 g/mol. The Bertz CT molecular complexity index is 368. The van der Waals surface area contributed by atoms with Crippen LogP contribution < -0.4 is 11.1 Å². The summed E-state index contributed by atoms with van der Waals surface area (Å²) in [4.78, 5) is 11.6. The Kier molecular flexibility index (Phi) is 4.70. The van der Waals surface area contributed by atoms with Gasteiger partial charge >= 0.3 is 0 Å². The normalized spacial score (nSPS) is 11.3. The van der Waals surface area contributed by atoms with E-state index in [1.54, 1.807) is 0 Å². The van der Waals surface area contributed by atoms with Crippen LogP contribution in [0.2, 0.25) is 0 Å². The Morgan fingerprint density at radius 1 is 1.29 bits per heavy atom. The molecule has 0 fully saturated rings. The molecule has 0 saturated heterocycles. The molecule has 0 radical (unpaired) electrons. The Balaban J connectivity index is 2.77. The zero-order valence-electron chi connectivity index (χ0n) is 10.9. The molecule has 17 heavy (non-hydrogen) atoms. The molecule has 1 aromatic carbocycles. The topological polar surface area (TPSA) is 55.1 Å². The minimum atomic E-state index is -0.349. The highest BCUT2D eigenvalue weighted by molar-refractivity contribution is 5.77. The lowest BCUT2D eigenvalue weighted by Crippen LogP contribution is -2.41. The van der Waals surface area contributed by atoms with Gasteiger partial charge in [-0.25, -0.2) is 0 Å². The number of rotatable bonds is 5. The maximum Gasteiger partial charge on any atom is 0.221 e. The highest BCUT2D eigenvalue weighted by Gasteiger charge is 2.22. The number of carbonyl (C=O) groups excluding carboxylic acids is 1. The lowest BCUT2D eigenvalue weighted by Gasteiger charge is -2.27. The molecule has 0 atom stereocenters. The van der Waals surface area contributed by atoms with E-state index in [2.05, 4.69) is 36.5 Å². The van der Waals surface area contributed by atoms with Gasteiger partial charge in [0.2, 0.25) is 5.91 Å². The number of benzene rings is 1. The molecule has 0 aliphatic rings. The fourth-order valence-corrected chi connectivity index (χ4v) is 1.77. The van der Waals surface area contributed by atoms with Crippen molar-refractivity contribution in [3.8, 4) is 0 Å². The Labute approximate surface area is 103 Å². The van der Waals surface area contributed by atoms with Gasteiger partial charge in [0, 0.05) is 13.0 Å². The van der Waals surface area contributed by atoms with Crippen molar-refractivity contribution < 1.29 is 4.79 Å². The molecule has 1 amide bonds. The van der Waals surface area contributed by atoms with E-state index < -0.39 is 0 Å². The van der Waals surface area contributed by atoms with E-state index in [-0.39, 0.29) is 11.4 Å². The number of amides is 1. The molecule has 0 heterocycles. The van der Waals surface area contributed by atoms with E-state index in [1.807, 2.05) is 13.8 Å². The van der Waals surface area contributed by atoms with Gasteiger partial charge in [-0.2, -0.15) is 0 Å². The molecule has 0 unspecified atom stereocenters. The fourth-order valence-electron chi connectivity index (χ4n) is 1.77. The molecular weight excluding hydrogens is 212 g/mol. The van der Waals surface area contributed by atoms with Crippen LogP contribution in [0.4, 0.5) is 0 Å². The standard InChI is InChI=1S/C14H22N2O/c1-4-11-5-7-12(8-6-11)14(2,3)16-13(17)9-10-15/h5-8H,4,9-10,15H2,1-3H3,(H,16,17). The molecule has 0 aliphatic carbocycles. The zero-order chi connectivity index (χ0) is 12.9. The predicted octanol–water partition coefficient (Wildman–Crippen LogP) is 1.95. The lowest BCUT2D eigenvalue weighted by molar-refractivity contribution is -0.122. The second-order valence-electron chi connectivity index (χ2n) is 4.76. The predicted molar refractivity (Wildman–Crippen MR) is 70.7 cm³/mol. The summed E-state index contributed by atoms with van der Waals surface area (Å²) in [5, 5.41) is 2.99. The first-order chi connectivity index (χ1) is 7.99. The first kappa shape index (κ1) is 13.7. The molecule has 0 aromatic heterocycles. The molecular formula is C14H22N2O. The van der Waals surface area contributed by atoms with Gasteiger partial charge in [-0.05, 0) is 31.4 Å². The number of hydrogen-bond acceptors (Lipinski definition) is 2. The summed E-state index contributed by atoms with van der Waals surface area (Å²) in [6.07, 6.45) is 1.40. The van der Waals surface area contributed by atoms with Crippen molar-refractivity contribution in [2.24, 2.45) is 5.73 Å². The summed E-state index contributed by atoms with van der Waals surface area (Å²) in [5.41, 5.74) is 7.43. The lowest BCUT2D eigenvalue weighted by atomic mass is 9.93. The van der Waals surface area contributed by atoms with Crippen molar-refractivity contribution in [2.45, 2.75) is 39.2 Å². The highest BCUT2D eigenvalue weighted by atomic mass is 16.1. The molecule has 0 spiro atoms. The average Bonchev–Trinajstić information content (AvgIpc) is 2.28. The maximum absolute atomic E-state index is 11.6. The summed E-state index contributed by atoms with van der Waals surface area (Å²) in [6.45, 7) is 6.52. The van der Waals surface area contributed by atoms with Crippen LogP contribution in [-0.2, 0) is 16.8 Å². The molecule has 1 aromatic rings. The van der Waals surface area contributed by atoms with Crippen molar-refractivity contribution in [1.29, 1.82) is 0 Å². The third kappa shape index (κ3) is 3.86. The quantitative estimate of drug-likeness (QED) is 0.818. The Morgan fingerprint density at radius 2 is 1.88 bits per heavy atom. The van der Waals surface area contributed by atoms with Crippen LogP contribution >= 0.6 is 0 Å². The molecule has 3 heteroatoms. The molecule has 0 saturated carbocycles. The third-order valence-corrected chi connectivity index (χ3v) is 2.91. The SMILES string of the molecule is CCc1ccc(C(C)(C)NC(=O)CCN)cc1. The maximum atomic E-state index is 11.6. The molecule has 3 N–H and O–H groups in total. The number of nitrogens with one attached hydrogen (secondary N) is 1. The number of aryl methyl sites for hydroxylation is 1. The smallest absolute Gasteiger partial charge is 0.221 e. The first-order valence-electron chi connectivity index (χ1n) is 6.10. The Morgan fingerprint density at radius 3 is 2.35 bits per heavy atom. The first-order valence-corrected chi connectivity index (χ1v) is 6.10. The van der Waals surface area contributed by atoms with E-state index in [9.17, 15) is 4.79 Å². The van der Waals surface area contributed by atoms with Crippen LogP contribution in [-0.4, -0.2) is 12.5 Å². The molecule has 3 nitrogen and oxygen atoms in total. The van der Waals surface area contributed by atoms with Gasteiger partial charge in [0.1, 0.15) is 0 Å². The van der Waals surface area contributed by atoms with Gasteiger partial charge in [-0.1, -0.05) is 31.2 Å². The van der Waals surface area contributed by atoms with E-state index in [1.165, 1.54) is 5.56 Å². The van der Waals surface area contributed by atoms with Crippen molar-refractivity contribution in [1.82, 2.24) is 5.32 Å². The molecule has 94 valence electrons. The van der Waals surface area contributed by atoms with Gasteiger partial charge in [-0.3, -0.25) is 4.79 Å². The second-order valence-corrected chi connectivity index (χ2v) is 4.76. The third-order valence-electron chi connectivity index (χ3n) is 2.91. The van der Waals surface area contributed by atoms with E-state index >= 15 is 0 Å². The Hall–Kier alpha value is -1.35. The van der Waals surface area contributed by atoms with Crippen LogP contribution in [0.1, 0.15) is 38.3 Å². The summed E-state index contributed by atoms with van der Waals surface area (Å²) in [5.74, 6) is -0.00271. The van der Waals surface area contributed by atoms with Crippen molar-refractivity contribution in [2.75, 3.05) is 6.54 Å². The number of hydrogen-bond donors (Lipinski definition) is 2. The highest BCUT2D eigenvalue weighted by Crippen LogP contribution is 2.20. The minimum Gasteiger partial charge on any atom is -0.347 e. The number of carbonyl (C=O) groups is 1. The van der Waals surface area contributed by atoms with Gasteiger partial charge in [0.05, 0.1) is 5.54 Å². The van der Waals surface area contributed by atoms with Crippen LogP contribution in [0.25, 0.3) is 0 Å². The van der Waals surface area contributed by atoms with Crippen molar-refractivity contribution >= 4 is 5.91 Å². The summed E-state index contributed by atoms with van der Waals surface area (Å²) in [6, 6.07) is 8.35. The summed E-state index contributed by atoms with van der Waals surface area (Å²) >= 11 is 0. The van der Waals surface area contributed by atoms with Crippen LogP contribution in [0.5, 0.6) is 0 Å². The second kappa shape index (κ2) is 5.82. The van der Waals surface area contributed by atoms with E-state index in [0.29, 0.717) is 13.0 Å². The van der Waals surface area contributed by atoms with Gasteiger partial charge in [0.15, 0.2) is 0 Å². The zero-order valence-corrected chi connectivity index (χ0v) is 10.9. The van der Waals surface area contributed by atoms with Crippen molar-refractivity contribution in [3.05, 3.63) is 35.4 Å². The number of nitrogens with two attached hydrogens (primary N) is 1. The fraction of sp³-hybridized carbons (Fsp3) is 0.500. The monoisotopic (exact) mass is 234 g/mol. The molecule has 0 bridgehead atoms. The van der Waals surface area contributed by atoms with Crippen LogP contribution in [0, 0.1) is 0 Å². The van der Waals surface area contributed by atoms with E-state index in [4.69, 9.17) is 5.73 Å². The summed E-state index contributed by atoms with van der Waals surface area (Å²) in [7, 11) is 0. The largest absolute Gasteiger partial charge is 0.347 e. The summed E-state index contributed by atoms with van der Waals surface area (Å²) < 4.78 is 0. The molecule has 0 aliphatic heterocycles. The van der Waals surface area contributed by atoms with Gasteiger partial charge < -0.3 is 11.1 Å². The van der Waals surface area contributed by atoms with E-state index in [0.717, 1.165) is 12.0 Å². The van der Waals surface area contributed by atoms with Crippen LogP contribution in [0.3, 0.4) is 0 Å². The van der Waals surface area contributed by atoms with Crippen LogP contribution in [0.15, 0.2) is 24.3 Å². The van der Waals surface area contributed by atoms with Gasteiger partial charge in [0.25, 0.3) is 0 Å². The molecule has 1 rings (SSSR count). The van der Waals surface area contributed by atoms with Gasteiger partial charge in [-0.15, -0.1) is 0 Å².